The van der Waals surface area contributed by atoms with E-state index in [0.717, 1.165) is 6.42 Å². The van der Waals surface area contributed by atoms with E-state index in [-0.39, 0.29) is 5.91 Å². The zero-order valence-electron chi connectivity index (χ0n) is 10.2. The first kappa shape index (κ1) is 15.3. The first-order valence-electron chi connectivity index (χ1n) is 5.73. The standard InChI is InChI=1S/C11H24N2O3/c1-9(7-12)3-4-11(15)13-6-5-10(14)8-16-2/h9-10,14H,3-8,12H2,1-2H3,(H,13,15). The summed E-state index contributed by atoms with van der Waals surface area (Å²) in [6.07, 6.45) is 1.32. The number of aliphatic hydroxyl groups is 1. The maximum Gasteiger partial charge on any atom is 0.220 e. The first-order chi connectivity index (χ1) is 7.60. The van der Waals surface area contributed by atoms with Crippen molar-refractivity contribution in [2.75, 3.05) is 26.8 Å². The molecule has 0 rings (SSSR count). The van der Waals surface area contributed by atoms with Crippen LogP contribution in [0.4, 0.5) is 0 Å². The Morgan fingerprint density at radius 3 is 2.75 bits per heavy atom. The number of nitrogens with one attached hydrogen (secondary N) is 1. The summed E-state index contributed by atoms with van der Waals surface area (Å²) < 4.78 is 4.78. The lowest BCUT2D eigenvalue weighted by Gasteiger charge is -2.11. The zero-order chi connectivity index (χ0) is 12.4. The number of rotatable bonds is 9. The molecule has 0 radical (unpaired) electrons. The summed E-state index contributed by atoms with van der Waals surface area (Å²) in [5.41, 5.74) is 5.45. The van der Waals surface area contributed by atoms with Gasteiger partial charge in [-0.1, -0.05) is 6.92 Å². The minimum atomic E-state index is -0.506. The van der Waals surface area contributed by atoms with E-state index in [9.17, 15) is 9.90 Å². The molecule has 2 atom stereocenters. The Balaban J connectivity index is 3.43. The van der Waals surface area contributed by atoms with Crippen LogP contribution in [0, 0.1) is 5.92 Å². The van der Waals surface area contributed by atoms with Crippen molar-refractivity contribution in [3.05, 3.63) is 0 Å². The van der Waals surface area contributed by atoms with Crippen LogP contribution in [0.15, 0.2) is 0 Å². The topological polar surface area (TPSA) is 84.6 Å². The molecule has 0 saturated heterocycles. The van der Waals surface area contributed by atoms with Gasteiger partial charge in [0.1, 0.15) is 0 Å². The number of aliphatic hydroxyl groups excluding tert-OH is 1. The van der Waals surface area contributed by atoms with Gasteiger partial charge >= 0.3 is 0 Å². The van der Waals surface area contributed by atoms with Crippen molar-refractivity contribution in [2.45, 2.75) is 32.3 Å². The molecule has 0 saturated carbocycles. The molecule has 0 heterocycles. The fraction of sp³-hybridized carbons (Fsp3) is 0.909. The van der Waals surface area contributed by atoms with E-state index in [2.05, 4.69) is 5.32 Å². The SMILES string of the molecule is COCC(O)CCNC(=O)CCC(C)CN. The second kappa shape index (κ2) is 9.57. The van der Waals surface area contributed by atoms with Crippen molar-refractivity contribution in [3.63, 3.8) is 0 Å². The molecule has 0 aromatic rings. The van der Waals surface area contributed by atoms with Gasteiger partial charge in [0, 0.05) is 20.1 Å². The number of nitrogens with two attached hydrogens (primary N) is 1. The smallest absolute Gasteiger partial charge is 0.220 e. The van der Waals surface area contributed by atoms with Gasteiger partial charge in [0.05, 0.1) is 12.7 Å². The minimum Gasteiger partial charge on any atom is -0.391 e. The summed E-state index contributed by atoms with van der Waals surface area (Å²) in [5.74, 6) is 0.398. The van der Waals surface area contributed by atoms with Crippen LogP contribution in [0.3, 0.4) is 0 Å². The number of carbonyl (C=O) groups excluding carboxylic acids is 1. The van der Waals surface area contributed by atoms with Crippen molar-refractivity contribution in [1.82, 2.24) is 5.32 Å². The van der Waals surface area contributed by atoms with Crippen LogP contribution in [-0.4, -0.2) is 43.9 Å². The molecule has 4 N–H and O–H groups in total. The van der Waals surface area contributed by atoms with E-state index in [0.29, 0.717) is 38.5 Å². The minimum absolute atomic E-state index is 0.0184. The highest BCUT2D eigenvalue weighted by atomic mass is 16.5. The molecule has 2 unspecified atom stereocenters. The molecule has 16 heavy (non-hydrogen) atoms. The van der Waals surface area contributed by atoms with E-state index >= 15 is 0 Å². The Morgan fingerprint density at radius 2 is 2.19 bits per heavy atom. The number of amides is 1. The zero-order valence-corrected chi connectivity index (χ0v) is 10.2. The summed E-state index contributed by atoms with van der Waals surface area (Å²) >= 11 is 0. The molecular formula is C11H24N2O3. The number of methoxy groups -OCH3 is 1. The molecule has 0 aliphatic heterocycles. The van der Waals surface area contributed by atoms with Gasteiger partial charge in [0.2, 0.25) is 5.91 Å². The highest BCUT2D eigenvalue weighted by Gasteiger charge is 2.07. The number of ether oxygens (including phenoxy) is 1. The molecule has 0 aromatic heterocycles. The van der Waals surface area contributed by atoms with Gasteiger partial charge in [-0.3, -0.25) is 4.79 Å². The molecule has 5 heteroatoms. The van der Waals surface area contributed by atoms with Gasteiger partial charge in [0.15, 0.2) is 0 Å². The lowest BCUT2D eigenvalue weighted by molar-refractivity contribution is -0.121. The van der Waals surface area contributed by atoms with Crippen molar-refractivity contribution < 1.29 is 14.6 Å². The maximum atomic E-state index is 11.3. The molecule has 0 aromatic carbocycles. The molecule has 0 spiro atoms. The van der Waals surface area contributed by atoms with Gasteiger partial charge in [-0.05, 0) is 25.3 Å². The molecule has 0 bridgehead atoms. The molecule has 0 aliphatic rings. The summed E-state index contributed by atoms with van der Waals surface area (Å²) in [5, 5.41) is 12.1. The van der Waals surface area contributed by atoms with E-state index in [1.807, 2.05) is 6.92 Å². The third-order valence-electron chi connectivity index (χ3n) is 2.43. The summed E-state index contributed by atoms with van der Waals surface area (Å²) in [7, 11) is 1.54. The van der Waals surface area contributed by atoms with E-state index in [1.165, 1.54) is 7.11 Å². The third-order valence-corrected chi connectivity index (χ3v) is 2.43. The average Bonchev–Trinajstić information content (AvgIpc) is 2.26. The van der Waals surface area contributed by atoms with Gasteiger partial charge in [-0.25, -0.2) is 0 Å². The van der Waals surface area contributed by atoms with Crippen LogP contribution in [0.5, 0.6) is 0 Å². The lowest BCUT2D eigenvalue weighted by atomic mass is 10.1. The van der Waals surface area contributed by atoms with Crippen molar-refractivity contribution >= 4 is 5.91 Å². The fourth-order valence-corrected chi connectivity index (χ4v) is 1.24. The maximum absolute atomic E-state index is 11.3. The van der Waals surface area contributed by atoms with Crippen LogP contribution < -0.4 is 11.1 Å². The molecular weight excluding hydrogens is 208 g/mol. The van der Waals surface area contributed by atoms with Crippen LogP contribution in [0.1, 0.15) is 26.2 Å². The highest BCUT2D eigenvalue weighted by Crippen LogP contribution is 2.02. The van der Waals surface area contributed by atoms with Crippen LogP contribution in [-0.2, 0) is 9.53 Å². The Morgan fingerprint density at radius 1 is 1.50 bits per heavy atom. The largest absolute Gasteiger partial charge is 0.391 e. The average molecular weight is 232 g/mol. The Bertz CT molecular complexity index is 188. The van der Waals surface area contributed by atoms with Gasteiger partial charge in [-0.15, -0.1) is 0 Å². The van der Waals surface area contributed by atoms with Gasteiger partial charge in [0.25, 0.3) is 0 Å². The molecule has 1 amide bonds. The number of hydrogen-bond donors (Lipinski definition) is 3. The predicted molar refractivity (Wildman–Crippen MR) is 63.0 cm³/mol. The molecule has 5 nitrogen and oxygen atoms in total. The van der Waals surface area contributed by atoms with Gasteiger partial charge < -0.3 is 20.9 Å². The lowest BCUT2D eigenvalue weighted by Crippen LogP contribution is -2.28. The second-order valence-corrected chi connectivity index (χ2v) is 4.13. The van der Waals surface area contributed by atoms with E-state index in [1.54, 1.807) is 0 Å². The van der Waals surface area contributed by atoms with E-state index in [4.69, 9.17) is 10.5 Å². The van der Waals surface area contributed by atoms with Crippen LogP contribution in [0.2, 0.25) is 0 Å². The molecule has 96 valence electrons. The third kappa shape index (κ3) is 8.64. The monoisotopic (exact) mass is 232 g/mol. The quantitative estimate of drug-likeness (QED) is 0.517. The summed E-state index contributed by atoms with van der Waals surface area (Å²) in [6, 6.07) is 0. The number of carbonyl (C=O) groups is 1. The summed E-state index contributed by atoms with van der Waals surface area (Å²) in [6.45, 7) is 3.43. The highest BCUT2D eigenvalue weighted by molar-refractivity contribution is 5.75. The Labute approximate surface area is 97.3 Å². The van der Waals surface area contributed by atoms with Crippen molar-refractivity contribution in [1.29, 1.82) is 0 Å². The predicted octanol–water partition coefficient (Wildman–Crippen LogP) is -0.125. The van der Waals surface area contributed by atoms with Crippen molar-refractivity contribution in [3.8, 4) is 0 Å². The van der Waals surface area contributed by atoms with Crippen LogP contribution in [0.25, 0.3) is 0 Å². The molecule has 0 fully saturated rings. The second-order valence-electron chi connectivity index (χ2n) is 4.13. The first-order valence-corrected chi connectivity index (χ1v) is 5.73. The fourth-order valence-electron chi connectivity index (χ4n) is 1.24. The number of hydrogen-bond acceptors (Lipinski definition) is 4. The Kier molecular flexibility index (Phi) is 9.18. The molecule has 0 aliphatic carbocycles. The van der Waals surface area contributed by atoms with E-state index < -0.39 is 6.10 Å². The summed E-state index contributed by atoms with van der Waals surface area (Å²) in [4.78, 5) is 11.3. The normalized spacial score (nSPS) is 14.5. The van der Waals surface area contributed by atoms with Crippen LogP contribution >= 0.6 is 0 Å². The Hall–Kier alpha value is -0.650. The van der Waals surface area contributed by atoms with Gasteiger partial charge in [-0.2, -0.15) is 0 Å². The van der Waals surface area contributed by atoms with Crippen molar-refractivity contribution in [2.24, 2.45) is 11.7 Å².